The van der Waals surface area contributed by atoms with E-state index >= 15 is 0 Å². The fraction of sp³-hybridized carbons (Fsp3) is 0.167. The molecule has 0 spiro atoms. The van der Waals surface area contributed by atoms with E-state index < -0.39 is 11.4 Å². The van der Waals surface area contributed by atoms with Crippen LogP contribution in [0.25, 0.3) is 10.8 Å². The number of benzene rings is 2. The molecule has 0 saturated carbocycles. The number of hydrogen-bond donors (Lipinski definition) is 1. The molecule has 1 aliphatic rings. The first-order valence-electron chi connectivity index (χ1n) is 7.33. The van der Waals surface area contributed by atoms with Gasteiger partial charge in [0.05, 0.1) is 30.0 Å². The van der Waals surface area contributed by atoms with Crippen LogP contribution in [0.1, 0.15) is 5.56 Å². The van der Waals surface area contributed by atoms with Crippen molar-refractivity contribution in [1.82, 2.24) is 4.98 Å². The van der Waals surface area contributed by atoms with Gasteiger partial charge in [0.25, 0.3) is 0 Å². The fourth-order valence-electron chi connectivity index (χ4n) is 3.25. The third-order valence-corrected chi connectivity index (χ3v) is 4.62. The lowest BCUT2D eigenvalue weighted by Crippen LogP contribution is -2.60. The molecule has 0 aliphatic carbocycles. The van der Waals surface area contributed by atoms with E-state index in [-0.39, 0.29) is 5.02 Å². The van der Waals surface area contributed by atoms with Crippen molar-refractivity contribution in [3.05, 3.63) is 71.3 Å². The molecule has 1 fully saturated rings. The van der Waals surface area contributed by atoms with Crippen LogP contribution in [0.4, 0.5) is 10.1 Å². The number of nitrogens with zero attached hydrogens (tertiary/aromatic N) is 2. The number of anilines is 1. The molecule has 0 radical (unpaired) electrons. The number of aromatic nitrogens is 1. The van der Waals surface area contributed by atoms with E-state index in [0.29, 0.717) is 18.8 Å². The third-order valence-electron chi connectivity index (χ3n) is 4.34. The fourth-order valence-corrected chi connectivity index (χ4v) is 3.52. The first-order chi connectivity index (χ1) is 11.1. The van der Waals surface area contributed by atoms with Crippen LogP contribution >= 0.6 is 11.6 Å². The maximum Gasteiger partial charge on any atom is 0.166 e. The number of hydrogen-bond acceptors (Lipinski definition) is 3. The zero-order chi connectivity index (χ0) is 16.0. The first-order valence-corrected chi connectivity index (χ1v) is 7.71. The molecule has 4 rings (SSSR count). The smallest absolute Gasteiger partial charge is 0.166 e. The zero-order valence-electron chi connectivity index (χ0n) is 12.2. The summed E-state index contributed by atoms with van der Waals surface area (Å²) in [6.07, 6.45) is 2.55. The van der Waals surface area contributed by atoms with Gasteiger partial charge in [0, 0.05) is 6.20 Å². The summed E-state index contributed by atoms with van der Waals surface area (Å²) < 4.78 is 14.0. The zero-order valence-corrected chi connectivity index (χ0v) is 13.0. The lowest BCUT2D eigenvalue weighted by molar-refractivity contribution is 0.00861. The lowest BCUT2D eigenvalue weighted by atomic mass is 9.83. The van der Waals surface area contributed by atoms with Gasteiger partial charge in [-0.15, -0.1) is 0 Å². The van der Waals surface area contributed by atoms with Crippen molar-refractivity contribution in [2.45, 2.75) is 5.60 Å². The minimum absolute atomic E-state index is 0.255. The molecule has 0 atom stereocenters. The molecule has 2 aromatic carbocycles. The molecule has 3 aromatic rings. The van der Waals surface area contributed by atoms with Gasteiger partial charge in [-0.2, -0.15) is 0 Å². The van der Waals surface area contributed by atoms with Crippen molar-refractivity contribution < 1.29 is 9.50 Å². The Morgan fingerprint density at radius 1 is 1.09 bits per heavy atom. The lowest BCUT2D eigenvalue weighted by Gasteiger charge is -2.48. The Kier molecular flexibility index (Phi) is 3.25. The number of halogens is 2. The van der Waals surface area contributed by atoms with E-state index in [4.69, 9.17) is 11.6 Å². The highest BCUT2D eigenvalue weighted by Crippen LogP contribution is 2.41. The van der Waals surface area contributed by atoms with Gasteiger partial charge < -0.3 is 10.0 Å². The Labute approximate surface area is 138 Å². The van der Waals surface area contributed by atoms with Gasteiger partial charge in [-0.1, -0.05) is 54.1 Å². The van der Waals surface area contributed by atoms with Crippen molar-refractivity contribution in [3.63, 3.8) is 0 Å². The largest absolute Gasteiger partial charge is 0.381 e. The molecule has 0 amide bonds. The molecule has 23 heavy (non-hydrogen) atoms. The van der Waals surface area contributed by atoms with E-state index in [1.807, 2.05) is 42.5 Å². The summed E-state index contributed by atoms with van der Waals surface area (Å²) in [6, 6.07) is 13.8. The standard InChI is InChI=1S/C18H14ClFN2O/c19-15-8-21-9-16(20)17(15)22-10-18(23,11-22)14-7-3-5-12-4-1-2-6-13(12)14/h1-9,23H,10-11H2. The highest BCUT2D eigenvalue weighted by molar-refractivity contribution is 6.33. The SMILES string of the molecule is OC1(c2cccc3ccccc23)CN(c2c(F)cncc2Cl)C1. The van der Waals surface area contributed by atoms with Gasteiger partial charge >= 0.3 is 0 Å². The number of aliphatic hydroxyl groups is 1. The average molecular weight is 329 g/mol. The van der Waals surface area contributed by atoms with E-state index in [9.17, 15) is 9.50 Å². The Hall–Kier alpha value is -2.17. The van der Waals surface area contributed by atoms with E-state index in [1.165, 1.54) is 6.20 Å². The normalized spacial score (nSPS) is 16.4. The molecule has 1 saturated heterocycles. The average Bonchev–Trinajstić information content (AvgIpc) is 2.52. The van der Waals surface area contributed by atoms with Crippen molar-refractivity contribution >= 4 is 28.1 Å². The van der Waals surface area contributed by atoms with Crippen molar-refractivity contribution in [2.24, 2.45) is 0 Å². The van der Waals surface area contributed by atoms with Gasteiger partial charge in [0.1, 0.15) is 5.60 Å². The molecule has 1 aliphatic heterocycles. The van der Waals surface area contributed by atoms with Crippen LogP contribution in [0.3, 0.4) is 0 Å². The number of pyridine rings is 1. The molecule has 3 nitrogen and oxygen atoms in total. The molecular weight excluding hydrogens is 315 g/mol. The van der Waals surface area contributed by atoms with Crippen LogP contribution in [0.15, 0.2) is 54.9 Å². The Bertz CT molecular complexity index is 868. The van der Waals surface area contributed by atoms with Crippen LogP contribution in [0.5, 0.6) is 0 Å². The third kappa shape index (κ3) is 2.26. The van der Waals surface area contributed by atoms with Crippen LogP contribution < -0.4 is 4.90 Å². The van der Waals surface area contributed by atoms with E-state index in [0.717, 1.165) is 22.5 Å². The van der Waals surface area contributed by atoms with Crippen LogP contribution in [-0.4, -0.2) is 23.2 Å². The van der Waals surface area contributed by atoms with E-state index in [1.54, 1.807) is 4.90 Å². The highest BCUT2D eigenvalue weighted by atomic mass is 35.5. The maximum atomic E-state index is 14.0. The Morgan fingerprint density at radius 2 is 1.83 bits per heavy atom. The predicted molar refractivity (Wildman–Crippen MR) is 89.3 cm³/mol. The predicted octanol–water partition coefficient (Wildman–Crippen LogP) is 3.74. The summed E-state index contributed by atoms with van der Waals surface area (Å²) in [5.41, 5.74) is 0.143. The summed E-state index contributed by atoms with van der Waals surface area (Å²) in [5.74, 6) is -0.475. The summed E-state index contributed by atoms with van der Waals surface area (Å²) in [5, 5.41) is 13.3. The molecule has 0 bridgehead atoms. The monoisotopic (exact) mass is 328 g/mol. The molecule has 2 heterocycles. The second-order valence-corrected chi connectivity index (χ2v) is 6.27. The van der Waals surface area contributed by atoms with Gasteiger partial charge in [-0.05, 0) is 16.3 Å². The second-order valence-electron chi connectivity index (χ2n) is 5.87. The molecule has 1 N–H and O–H groups in total. The number of β-amino-alcohol motifs (C(OH)–C–C–N with tert-alkyl or cyclic N) is 1. The second kappa shape index (κ2) is 5.18. The first kappa shape index (κ1) is 14.4. The topological polar surface area (TPSA) is 36.4 Å². The quantitative estimate of drug-likeness (QED) is 0.778. The van der Waals surface area contributed by atoms with Gasteiger partial charge in [0.15, 0.2) is 5.82 Å². The van der Waals surface area contributed by atoms with Gasteiger partial charge in [-0.3, -0.25) is 4.98 Å². The van der Waals surface area contributed by atoms with E-state index in [2.05, 4.69) is 4.98 Å². The van der Waals surface area contributed by atoms with Gasteiger partial charge in [0.2, 0.25) is 0 Å². The van der Waals surface area contributed by atoms with Gasteiger partial charge in [-0.25, -0.2) is 4.39 Å². The number of fused-ring (bicyclic) bond motifs is 1. The van der Waals surface area contributed by atoms with Crippen LogP contribution in [0, 0.1) is 5.82 Å². The molecule has 0 unspecified atom stereocenters. The maximum absolute atomic E-state index is 14.0. The summed E-state index contributed by atoms with van der Waals surface area (Å²) in [7, 11) is 0. The summed E-state index contributed by atoms with van der Waals surface area (Å²) >= 11 is 6.05. The summed E-state index contributed by atoms with van der Waals surface area (Å²) in [6.45, 7) is 0.587. The Balaban J connectivity index is 1.70. The number of rotatable bonds is 2. The van der Waals surface area contributed by atoms with Crippen LogP contribution in [0.2, 0.25) is 5.02 Å². The molecule has 116 valence electrons. The van der Waals surface area contributed by atoms with Crippen molar-refractivity contribution in [1.29, 1.82) is 0 Å². The highest BCUT2D eigenvalue weighted by Gasteiger charge is 2.45. The Morgan fingerprint density at radius 3 is 2.61 bits per heavy atom. The molecular formula is C18H14ClFN2O. The summed E-state index contributed by atoms with van der Waals surface area (Å²) in [4.78, 5) is 5.46. The van der Waals surface area contributed by atoms with Crippen molar-refractivity contribution in [2.75, 3.05) is 18.0 Å². The van der Waals surface area contributed by atoms with Crippen LogP contribution in [-0.2, 0) is 5.60 Å². The van der Waals surface area contributed by atoms with Crippen molar-refractivity contribution in [3.8, 4) is 0 Å². The minimum Gasteiger partial charge on any atom is -0.381 e. The minimum atomic E-state index is -1.01. The molecule has 5 heteroatoms. The molecule has 1 aromatic heterocycles.